The van der Waals surface area contributed by atoms with Crippen LogP contribution < -0.4 is 22.1 Å². The van der Waals surface area contributed by atoms with E-state index in [0.29, 0.717) is 59.8 Å². The molecule has 2 amide bonds. The van der Waals surface area contributed by atoms with Gasteiger partial charge in [0, 0.05) is 37.1 Å². The second-order valence-electron chi connectivity index (χ2n) is 13.0. The molecular formula is C42H42F2N8O4. The van der Waals surface area contributed by atoms with E-state index >= 15 is 0 Å². The van der Waals surface area contributed by atoms with Gasteiger partial charge in [-0.25, -0.2) is 28.7 Å². The predicted molar refractivity (Wildman–Crippen MR) is 210 cm³/mol. The Labute approximate surface area is 322 Å². The summed E-state index contributed by atoms with van der Waals surface area (Å²) >= 11 is 0. The molecule has 14 heteroatoms. The molecule has 0 fully saturated rings. The first-order valence-electron chi connectivity index (χ1n) is 17.7. The molecule has 4 aromatic carbocycles. The zero-order valence-electron chi connectivity index (χ0n) is 30.8. The van der Waals surface area contributed by atoms with E-state index in [0.717, 1.165) is 11.1 Å². The van der Waals surface area contributed by atoms with Crippen LogP contribution in [0.5, 0.6) is 0 Å². The molecule has 8 N–H and O–H groups in total. The Bertz CT molecular complexity index is 2120. The molecule has 0 aliphatic carbocycles. The normalized spacial score (nSPS) is 11.8. The molecule has 2 atom stereocenters. The highest BCUT2D eigenvalue weighted by molar-refractivity contribution is 5.95. The minimum Gasteiger partial charge on any atom is -0.393 e. The maximum Gasteiger partial charge on any atom is 0.254 e. The molecule has 12 nitrogen and oxygen atoms in total. The smallest absolute Gasteiger partial charge is 0.254 e. The van der Waals surface area contributed by atoms with Gasteiger partial charge in [0.2, 0.25) is 0 Å². The van der Waals surface area contributed by atoms with Crippen LogP contribution in [0.2, 0.25) is 0 Å². The van der Waals surface area contributed by atoms with Crippen molar-refractivity contribution in [1.82, 2.24) is 30.6 Å². The summed E-state index contributed by atoms with van der Waals surface area (Å²) in [4.78, 5) is 41.4. The lowest BCUT2D eigenvalue weighted by Crippen LogP contribution is -2.23. The zero-order valence-corrected chi connectivity index (χ0v) is 30.8. The third kappa shape index (κ3) is 11.2. The Kier molecular flexibility index (Phi) is 13.8. The number of anilines is 2. The van der Waals surface area contributed by atoms with Crippen LogP contribution in [-0.2, 0) is 25.9 Å². The molecule has 6 rings (SSSR count). The van der Waals surface area contributed by atoms with Gasteiger partial charge in [-0.05, 0) is 49.2 Å². The Hall–Kier alpha value is -6.64. The molecule has 2 aromatic heterocycles. The van der Waals surface area contributed by atoms with Crippen molar-refractivity contribution in [2.45, 2.75) is 52.0 Å². The summed E-state index contributed by atoms with van der Waals surface area (Å²) in [6, 6.07) is 27.1. The van der Waals surface area contributed by atoms with Gasteiger partial charge in [0.25, 0.3) is 11.8 Å². The molecule has 288 valence electrons. The number of nitrogens with zero attached hydrogens (tertiary/aromatic N) is 4. The second kappa shape index (κ2) is 19.1. The first kappa shape index (κ1) is 40.5. The summed E-state index contributed by atoms with van der Waals surface area (Å²) in [5.74, 6) is -2.06. The number of halogens is 2. The van der Waals surface area contributed by atoms with E-state index in [1.54, 1.807) is 26.0 Å². The number of aliphatic hydroxyl groups is 2. The second-order valence-corrected chi connectivity index (χ2v) is 13.0. The molecule has 0 aliphatic rings. The number of aromatic nitrogens is 4. The van der Waals surface area contributed by atoms with E-state index in [1.165, 1.54) is 36.7 Å². The molecule has 0 unspecified atom stereocenters. The van der Waals surface area contributed by atoms with Crippen LogP contribution in [0, 0.1) is 11.6 Å². The maximum absolute atomic E-state index is 14.6. The van der Waals surface area contributed by atoms with Gasteiger partial charge >= 0.3 is 0 Å². The molecule has 0 spiro atoms. The van der Waals surface area contributed by atoms with Crippen molar-refractivity contribution < 1.29 is 28.6 Å². The Morgan fingerprint density at radius 1 is 0.625 bits per heavy atom. The average Bonchev–Trinajstić information content (AvgIpc) is 3.18. The number of nitrogens with one attached hydrogen (secondary N) is 2. The molecular weight excluding hydrogens is 719 g/mol. The molecule has 0 aliphatic heterocycles. The average molecular weight is 761 g/mol. The molecule has 0 saturated carbocycles. The Morgan fingerprint density at radius 3 is 1.34 bits per heavy atom. The van der Waals surface area contributed by atoms with Crippen molar-refractivity contribution in [3.8, 4) is 22.5 Å². The van der Waals surface area contributed by atoms with E-state index in [-0.39, 0.29) is 22.8 Å². The fourth-order valence-electron chi connectivity index (χ4n) is 5.54. The fourth-order valence-corrected chi connectivity index (χ4v) is 5.54. The number of carbonyl (C=O) groups is 2. The standard InChI is InChI=1S/2C21H21FN4O2/c2*1-13(27)9-16-12-24-20(23)19(26-16)15-7-8-17(18(22)10-15)21(28)25-11-14-5-3-2-4-6-14/h2*2-8,10,12-13,27H,9,11H2,1H3,(H2,23,24)(H,25,28)/t2*13-/m10/s1. The quantitative estimate of drug-likeness (QED) is 0.0933. The van der Waals surface area contributed by atoms with Gasteiger partial charge in [0.15, 0.2) is 0 Å². The van der Waals surface area contributed by atoms with E-state index in [1.807, 2.05) is 60.7 Å². The fraction of sp³-hybridized carbons (Fsp3) is 0.190. The summed E-state index contributed by atoms with van der Waals surface area (Å²) < 4.78 is 29.1. The zero-order chi connectivity index (χ0) is 40.2. The maximum atomic E-state index is 14.6. The van der Waals surface area contributed by atoms with E-state index < -0.39 is 35.7 Å². The first-order valence-corrected chi connectivity index (χ1v) is 17.7. The molecule has 56 heavy (non-hydrogen) atoms. The first-order chi connectivity index (χ1) is 26.9. The van der Waals surface area contributed by atoms with Crippen molar-refractivity contribution >= 4 is 23.5 Å². The Morgan fingerprint density at radius 2 is 1.00 bits per heavy atom. The molecule has 0 bridgehead atoms. The topological polar surface area (TPSA) is 202 Å². The van der Waals surface area contributed by atoms with Gasteiger partial charge in [-0.15, -0.1) is 0 Å². The van der Waals surface area contributed by atoms with Crippen LogP contribution in [0.3, 0.4) is 0 Å². The SMILES string of the molecule is C[C@@H](O)Cc1cnc(N)c(-c2ccc(C(=O)NCc3ccccc3)c(F)c2)n1.C[C@H](O)Cc1cnc(N)c(-c2ccc(C(=O)NCc3ccccc3)c(F)c2)n1. The minimum atomic E-state index is -0.676. The number of benzene rings is 4. The number of aliphatic hydroxyl groups excluding tert-OH is 2. The lowest BCUT2D eigenvalue weighted by molar-refractivity contribution is 0.0938. The van der Waals surface area contributed by atoms with Gasteiger partial charge in [-0.3, -0.25) is 9.59 Å². The number of carbonyl (C=O) groups excluding carboxylic acids is 2. The summed E-state index contributed by atoms with van der Waals surface area (Å²) in [6.07, 6.45) is 2.41. The van der Waals surface area contributed by atoms with Crippen LogP contribution in [-0.4, -0.2) is 54.2 Å². The highest BCUT2D eigenvalue weighted by Crippen LogP contribution is 2.26. The van der Waals surface area contributed by atoms with Crippen molar-refractivity contribution in [2.24, 2.45) is 0 Å². The molecule has 0 saturated heterocycles. The van der Waals surface area contributed by atoms with Gasteiger partial charge in [0.05, 0.1) is 47.1 Å². The van der Waals surface area contributed by atoms with Crippen LogP contribution in [0.15, 0.2) is 109 Å². The number of nitrogen functional groups attached to an aromatic ring is 2. The third-order valence-corrected chi connectivity index (χ3v) is 8.28. The van der Waals surface area contributed by atoms with Crippen LogP contribution in [0.25, 0.3) is 22.5 Å². The van der Waals surface area contributed by atoms with E-state index in [4.69, 9.17) is 11.5 Å². The summed E-state index contributed by atoms with van der Waals surface area (Å²) in [5.41, 5.74) is 16.0. The van der Waals surface area contributed by atoms with Crippen LogP contribution in [0.4, 0.5) is 20.4 Å². The molecule has 2 heterocycles. The summed E-state index contributed by atoms with van der Waals surface area (Å²) in [6.45, 7) is 3.89. The van der Waals surface area contributed by atoms with E-state index in [9.17, 15) is 28.6 Å². The Balaban J connectivity index is 0.000000214. The number of nitrogens with two attached hydrogens (primary N) is 2. The highest BCUT2D eigenvalue weighted by atomic mass is 19.1. The third-order valence-electron chi connectivity index (χ3n) is 8.28. The van der Waals surface area contributed by atoms with Crippen molar-refractivity contribution in [2.75, 3.05) is 11.5 Å². The van der Waals surface area contributed by atoms with E-state index in [2.05, 4.69) is 30.6 Å². The monoisotopic (exact) mass is 760 g/mol. The van der Waals surface area contributed by atoms with Crippen LogP contribution in [0.1, 0.15) is 57.1 Å². The van der Waals surface area contributed by atoms with Gasteiger partial charge in [-0.2, -0.15) is 0 Å². The number of hydrogen-bond donors (Lipinski definition) is 6. The molecule has 0 radical (unpaired) electrons. The summed E-state index contributed by atoms with van der Waals surface area (Å²) in [5, 5.41) is 24.4. The van der Waals surface area contributed by atoms with Crippen molar-refractivity contribution in [3.63, 3.8) is 0 Å². The number of amides is 2. The largest absolute Gasteiger partial charge is 0.393 e. The lowest BCUT2D eigenvalue weighted by atomic mass is 10.1. The van der Waals surface area contributed by atoms with Crippen LogP contribution >= 0.6 is 0 Å². The highest BCUT2D eigenvalue weighted by Gasteiger charge is 2.17. The van der Waals surface area contributed by atoms with Gasteiger partial charge < -0.3 is 32.3 Å². The van der Waals surface area contributed by atoms with Gasteiger partial charge in [-0.1, -0.05) is 72.8 Å². The van der Waals surface area contributed by atoms with Gasteiger partial charge in [0.1, 0.15) is 34.7 Å². The lowest BCUT2D eigenvalue weighted by Gasteiger charge is -2.10. The number of hydrogen-bond acceptors (Lipinski definition) is 10. The summed E-state index contributed by atoms with van der Waals surface area (Å²) in [7, 11) is 0. The molecule has 6 aromatic rings. The van der Waals surface area contributed by atoms with Crippen molar-refractivity contribution in [1.29, 1.82) is 0 Å². The predicted octanol–water partition coefficient (Wildman–Crippen LogP) is 5.44. The van der Waals surface area contributed by atoms with Crippen molar-refractivity contribution in [3.05, 3.63) is 155 Å². The minimum absolute atomic E-state index is 0.0636. The number of rotatable bonds is 12.